The average Bonchev–Trinajstić information content (AvgIpc) is 2.97. The van der Waals surface area contributed by atoms with Crippen molar-refractivity contribution in [1.82, 2.24) is 10.3 Å². The van der Waals surface area contributed by atoms with Crippen molar-refractivity contribution in [1.29, 1.82) is 0 Å². The molecule has 2 aromatic rings. The van der Waals surface area contributed by atoms with E-state index in [1.165, 1.54) is 25.6 Å². The van der Waals surface area contributed by atoms with Crippen LogP contribution in [0.4, 0.5) is 0 Å². The summed E-state index contributed by atoms with van der Waals surface area (Å²) in [5.41, 5.74) is 1.30. The standard InChI is InChI=1S/C17H20N2O5S/c1-10-18-12(9-25-10)7-16(20)19-13(8-17(21)22)11-4-5-14(23-2)15(6-11)24-3/h4-6,9,13H,7-8H2,1-3H3,(H,19,20)(H,21,22)/t13-/m1/s1. The molecule has 7 nitrogen and oxygen atoms in total. The number of ether oxygens (including phenoxy) is 2. The van der Waals surface area contributed by atoms with E-state index in [4.69, 9.17) is 14.6 Å². The molecule has 0 bridgehead atoms. The molecular weight excluding hydrogens is 344 g/mol. The number of aryl methyl sites for hydroxylation is 1. The molecule has 0 aliphatic heterocycles. The number of rotatable bonds is 8. The maximum Gasteiger partial charge on any atom is 0.305 e. The quantitative estimate of drug-likeness (QED) is 0.746. The number of carbonyl (C=O) groups is 2. The third-order valence-electron chi connectivity index (χ3n) is 3.53. The summed E-state index contributed by atoms with van der Waals surface area (Å²) in [6.07, 6.45) is -0.134. The molecule has 0 aliphatic carbocycles. The number of thiazole rings is 1. The van der Waals surface area contributed by atoms with Gasteiger partial charge in [0.2, 0.25) is 5.91 Å². The van der Waals surface area contributed by atoms with Gasteiger partial charge in [0, 0.05) is 5.38 Å². The summed E-state index contributed by atoms with van der Waals surface area (Å²) < 4.78 is 10.4. The maximum absolute atomic E-state index is 12.3. The number of aliphatic carboxylic acids is 1. The second kappa shape index (κ2) is 8.48. The van der Waals surface area contributed by atoms with Crippen LogP contribution in [0.1, 0.15) is 28.7 Å². The highest BCUT2D eigenvalue weighted by molar-refractivity contribution is 7.09. The number of aromatic nitrogens is 1. The highest BCUT2D eigenvalue weighted by atomic mass is 32.1. The van der Waals surface area contributed by atoms with Crippen LogP contribution in [0.3, 0.4) is 0 Å². The largest absolute Gasteiger partial charge is 0.493 e. The number of carboxylic acids is 1. The first kappa shape index (κ1) is 18.7. The van der Waals surface area contributed by atoms with E-state index in [0.29, 0.717) is 22.8 Å². The van der Waals surface area contributed by atoms with Crippen molar-refractivity contribution >= 4 is 23.2 Å². The first-order valence-electron chi connectivity index (χ1n) is 7.57. The lowest BCUT2D eigenvalue weighted by atomic mass is 10.0. The van der Waals surface area contributed by atoms with E-state index in [9.17, 15) is 9.59 Å². The lowest BCUT2D eigenvalue weighted by molar-refractivity contribution is -0.137. The van der Waals surface area contributed by atoms with Crippen LogP contribution in [0.15, 0.2) is 23.6 Å². The Bertz CT molecular complexity index is 759. The smallest absolute Gasteiger partial charge is 0.305 e. The molecule has 1 heterocycles. The molecule has 1 atom stereocenters. The second-order valence-corrected chi connectivity index (χ2v) is 6.43. The monoisotopic (exact) mass is 364 g/mol. The van der Waals surface area contributed by atoms with Crippen LogP contribution in [0.2, 0.25) is 0 Å². The molecule has 25 heavy (non-hydrogen) atoms. The molecule has 1 aromatic carbocycles. The van der Waals surface area contributed by atoms with E-state index >= 15 is 0 Å². The molecule has 2 rings (SSSR count). The number of hydrogen-bond acceptors (Lipinski definition) is 6. The normalized spacial score (nSPS) is 11.6. The maximum atomic E-state index is 12.3. The number of nitrogens with one attached hydrogen (secondary N) is 1. The zero-order valence-corrected chi connectivity index (χ0v) is 15.1. The van der Waals surface area contributed by atoms with E-state index in [0.717, 1.165) is 5.01 Å². The third kappa shape index (κ3) is 5.18. The molecule has 0 fully saturated rings. The Morgan fingerprint density at radius 2 is 2.00 bits per heavy atom. The Hall–Kier alpha value is -2.61. The molecule has 0 aliphatic rings. The highest BCUT2D eigenvalue weighted by Crippen LogP contribution is 2.31. The fourth-order valence-corrected chi connectivity index (χ4v) is 3.01. The second-order valence-electron chi connectivity index (χ2n) is 5.37. The van der Waals surface area contributed by atoms with E-state index < -0.39 is 12.0 Å². The molecule has 1 aromatic heterocycles. The van der Waals surface area contributed by atoms with Crippen LogP contribution < -0.4 is 14.8 Å². The Labute approximate surface area is 149 Å². The van der Waals surface area contributed by atoms with E-state index in [1.54, 1.807) is 18.2 Å². The minimum Gasteiger partial charge on any atom is -0.493 e. The summed E-state index contributed by atoms with van der Waals surface area (Å²) in [5, 5.41) is 14.6. The predicted octanol–water partition coefficient (Wildman–Crippen LogP) is 2.34. The SMILES string of the molecule is COc1ccc([C@@H](CC(=O)O)NC(=O)Cc2csc(C)n2)cc1OC. The summed E-state index contributed by atoms with van der Waals surface area (Å²) >= 11 is 1.47. The van der Waals surface area contributed by atoms with Gasteiger partial charge in [-0.1, -0.05) is 6.07 Å². The van der Waals surface area contributed by atoms with Gasteiger partial charge in [-0.15, -0.1) is 11.3 Å². The number of benzene rings is 1. The van der Waals surface area contributed by atoms with Gasteiger partial charge in [-0.05, 0) is 24.6 Å². The van der Waals surface area contributed by atoms with Gasteiger partial charge in [-0.25, -0.2) is 4.98 Å². The van der Waals surface area contributed by atoms with Crippen LogP contribution >= 0.6 is 11.3 Å². The minimum absolute atomic E-state index is 0.105. The molecule has 0 saturated carbocycles. The van der Waals surface area contributed by atoms with Gasteiger partial charge in [-0.3, -0.25) is 9.59 Å². The predicted molar refractivity (Wildman–Crippen MR) is 93.2 cm³/mol. The number of methoxy groups -OCH3 is 2. The van der Waals surface area contributed by atoms with Gasteiger partial charge in [0.1, 0.15) is 0 Å². The molecule has 1 amide bonds. The number of hydrogen-bond donors (Lipinski definition) is 2. The van der Waals surface area contributed by atoms with Crippen molar-refractivity contribution in [2.45, 2.75) is 25.8 Å². The van der Waals surface area contributed by atoms with Crippen molar-refractivity contribution in [3.05, 3.63) is 39.8 Å². The fourth-order valence-electron chi connectivity index (χ4n) is 2.40. The topological polar surface area (TPSA) is 97.8 Å². The summed E-state index contributed by atoms with van der Waals surface area (Å²) in [6.45, 7) is 1.86. The molecule has 2 N–H and O–H groups in total. The van der Waals surface area contributed by atoms with Crippen LogP contribution in [0.5, 0.6) is 11.5 Å². The molecule has 0 saturated heterocycles. The van der Waals surface area contributed by atoms with Crippen LogP contribution in [0.25, 0.3) is 0 Å². The van der Waals surface area contributed by atoms with Gasteiger partial charge >= 0.3 is 5.97 Å². The number of amides is 1. The third-order valence-corrected chi connectivity index (χ3v) is 4.35. The fraction of sp³-hybridized carbons (Fsp3) is 0.353. The Kier molecular flexibility index (Phi) is 6.35. The van der Waals surface area contributed by atoms with Gasteiger partial charge in [0.05, 0.1) is 43.8 Å². The number of carboxylic acid groups (broad SMARTS) is 1. The summed E-state index contributed by atoms with van der Waals surface area (Å²) in [4.78, 5) is 27.7. The van der Waals surface area contributed by atoms with Crippen molar-refractivity contribution in [2.75, 3.05) is 14.2 Å². The number of nitrogens with zero attached hydrogens (tertiary/aromatic N) is 1. The number of carbonyl (C=O) groups excluding carboxylic acids is 1. The van der Waals surface area contributed by atoms with Gasteiger partial charge < -0.3 is 19.9 Å². The molecule has 134 valence electrons. The van der Waals surface area contributed by atoms with Crippen LogP contribution in [-0.4, -0.2) is 36.2 Å². The van der Waals surface area contributed by atoms with Crippen molar-refractivity contribution in [2.24, 2.45) is 0 Å². The molecule has 0 unspecified atom stereocenters. The lowest BCUT2D eigenvalue weighted by Crippen LogP contribution is -2.31. The summed E-state index contributed by atoms with van der Waals surface area (Å²) in [5.74, 6) is -0.291. The molecular formula is C17H20N2O5S. The zero-order chi connectivity index (χ0) is 18.4. The summed E-state index contributed by atoms with van der Waals surface area (Å²) in [7, 11) is 3.01. The van der Waals surface area contributed by atoms with Gasteiger partial charge in [-0.2, -0.15) is 0 Å². The Morgan fingerprint density at radius 1 is 1.28 bits per heavy atom. The molecule has 8 heteroatoms. The van der Waals surface area contributed by atoms with Gasteiger partial charge in [0.25, 0.3) is 0 Å². The first-order chi connectivity index (χ1) is 11.9. The van der Waals surface area contributed by atoms with E-state index in [1.807, 2.05) is 12.3 Å². The first-order valence-corrected chi connectivity index (χ1v) is 8.45. The minimum atomic E-state index is -1.01. The van der Waals surface area contributed by atoms with Crippen molar-refractivity contribution < 1.29 is 24.2 Å². The highest BCUT2D eigenvalue weighted by Gasteiger charge is 2.20. The van der Waals surface area contributed by atoms with Crippen molar-refractivity contribution in [3.63, 3.8) is 0 Å². The molecule has 0 radical (unpaired) electrons. The van der Waals surface area contributed by atoms with E-state index in [2.05, 4.69) is 10.3 Å². The van der Waals surface area contributed by atoms with Crippen LogP contribution in [0, 0.1) is 6.92 Å². The Balaban J connectivity index is 2.17. The Morgan fingerprint density at radius 3 is 2.56 bits per heavy atom. The van der Waals surface area contributed by atoms with Crippen LogP contribution in [-0.2, 0) is 16.0 Å². The zero-order valence-electron chi connectivity index (χ0n) is 14.2. The summed E-state index contributed by atoms with van der Waals surface area (Å²) in [6, 6.07) is 4.38. The lowest BCUT2D eigenvalue weighted by Gasteiger charge is -2.19. The average molecular weight is 364 g/mol. The van der Waals surface area contributed by atoms with Crippen molar-refractivity contribution in [3.8, 4) is 11.5 Å². The van der Waals surface area contributed by atoms with Gasteiger partial charge in [0.15, 0.2) is 11.5 Å². The molecule has 0 spiro atoms. The van der Waals surface area contributed by atoms with E-state index in [-0.39, 0.29) is 18.7 Å².